The third-order valence-corrected chi connectivity index (χ3v) is 26.6. The molecule has 0 aliphatic rings. The van der Waals surface area contributed by atoms with Gasteiger partial charge in [0.2, 0.25) is 0 Å². The van der Waals surface area contributed by atoms with Crippen LogP contribution in [0, 0.1) is 0 Å². The van der Waals surface area contributed by atoms with Gasteiger partial charge in [-0.25, -0.2) is 0 Å². The van der Waals surface area contributed by atoms with Gasteiger partial charge in [0.25, 0.3) is 0 Å². The van der Waals surface area contributed by atoms with Crippen LogP contribution in [-0.4, -0.2) is 16.1 Å². The molecule has 0 bridgehead atoms. The molecule has 10 aromatic rings. The topological polar surface area (TPSA) is 69.7 Å². The first-order chi connectivity index (χ1) is 35.3. The van der Waals surface area contributed by atoms with Crippen LogP contribution in [0.15, 0.2) is 301 Å². The number of hydrogen-bond donors (Lipinski definition) is 0. The van der Waals surface area contributed by atoms with E-state index in [2.05, 4.69) is 24.3 Å². The van der Waals surface area contributed by atoms with E-state index < -0.39 is 36.4 Å². The summed E-state index contributed by atoms with van der Waals surface area (Å²) in [5.41, 5.74) is 2.19. The van der Waals surface area contributed by atoms with E-state index >= 15 is 13.8 Å². The average molecular weight is 995 g/mol. The first-order valence-corrected chi connectivity index (χ1v) is 29.7. The van der Waals surface area contributed by atoms with Crippen LogP contribution in [0.3, 0.4) is 0 Å². The standard InChI is InChI=1S/C64H52O5P2S/c65-63(68-70(53-33-13-3-14-34-53,54-35-15-4-16-36-54,55-37-17-5-18-38-55)49-51-29-9-1-10-30-51)59-45-25-27-47-61(59)72(67)62-48-28-26-46-60(62)64(66)69-71(56-39-19-6-20-40-56,57-41-21-7-22-42-57,58-43-23-8-24-44-58)50-52-31-11-2-12-32-52/h1-48H,49-50H2. The molecule has 0 unspecified atom stereocenters. The molecule has 0 spiro atoms. The quantitative estimate of drug-likeness (QED) is 0.0902. The van der Waals surface area contributed by atoms with Crippen molar-refractivity contribution in [2.24, 2.45) is 0 Å². The minimum atomic E-state index is -4.35. The van der Waals surface area contributed by atoms with Gasteiger partial charge < -0.3 is 0 Å². The molecule has 0 saturated carbocycles. The van der Waals surface area contributed by atoms with Crippen LogP contribution >= 0.6 is 13.7 Å². The molecule has 8 heteroatoms. The summed E-state index contributed by atoms with van der Waals surface area (Å²) in [6.07, 6.45) is 0.713. The van der Waals surface area contributed by atoms with Crippen molar-refractivity contribution in [2.45, 2.75) is 22.1 Å². The van der Waals surface area contributed by atoms with E-state index in [1.807, 2.05) is 218 Å². The third kappa shape index (κ3) is 8.42. The molecule has 0 fully saturated rings. The Labute approximate surface area is 424 Å². The van der Waals surface area contributed by atoms with E-state index in [0.717, 1.165) is 43.0 Å². The Morgan fingerprint density at radius 1 is 0.292 bits per heavy atom. The summed E-state index contributed by atoms with van der Waals surface area (Å²) >= 11 is 0. The van der Waals surface area contributed by atoms with Gasteiger partial charge in [-0.1, -0.05) is 0 Å². The summed E-state index contributed by atoms with van der Waals surface area (Å²) in [5.74, 6) is -1.29. The van der Waals surface area contributed by atoms with E-state index in [4.69, 9.17) is 9.05 Å². The summed E-state index contributed by atoms with van der Waals surface area (Å²) in [6.45, 7) is -8.71. The second-order valence-corrected chi connectivity index (χ2v) is 28.1. The number of carbonyl (C=O) groups excluding carboxylic acids is 2. The van der Waals surface area contributed by atoms with Crippen LogP contribution in [0.25, 0.3) is 0 Å². The molecule has 10 rings (SSSR count). The molecular weight excluding hydrogens is 943 g/mol. The summed E-state index contributed by atoms with van der Waals surface area (Å²) in [5, 5.41) is 5.15. The van der Waals surface area contributed by atoms with Gasteiger partial charge in [0.15, 0.2) is 0 Å². The summed E-state index contributed by atoms with van der Waals surface area (Å²) < 4.78 is 30.8. The minimum absolute atomic E-state index is 0.116. The predicted molar refractivity (Wildman–Crippen MR) is 299 cm³/mol. The number of hydrogen-bond acceptors (Lipinski definition) is 5. The molecule has 0 amide bonds. The maximum atomic E-state index is 15.8. The Bertz CT molecular complexity index is 3040. The monoisotopic (exact) mass is 994 g/mol. The van der Waals surface area contributed by atoms with E-state index in [1.54, 1.807) is 48.5 Å². The van der Waals surface area contributed by atoms with E-state index in [1.165, 1.54) is 0 Å². The van der Waals surface area contributed by atoms with Crippen LogP contribution in [0.4, 0.5) is 0 Å². The zero-order chi connectivity index (χ0) is 49.3. The second-order valence-electron chi connectivity index (χ2n) is 17.7. The normalized spacial score (nSPS) is 13.0. The van der Waals surface area contributed by atoms with Crippen LogP contribution in [0.1, 0.15) is 31.8 Å². The van der Waals surface area contributed by atoms with Gasteiger partial charge in [0.05, 0.1) is 0 Å². The van der Waals surface area contributed by atoms with Crippen molar-refractivity contribution in [1.29, 1.82) is 0 Å². The van der Waals surface area contributed by atoms with Crippen molar-refractivity contribution < 1.29 is 22.8 Å². The summed E-state index contributed by atoms with van der Waals surface area (Å²) in [7, 11) is -2.11. The first kappa shape index (κ1) is 47.8. The molecule has 5 nitrogen and oxygen atoms in total. The van der Waals surface area contributed by atoms with Crippen molar-refractivity contribution in [3.8, 4) is 0 Å². The van der Waals surface area contributed by atoms with Gasteiger partial charge in [0.1, 0.15) is 0 Å². The molecule has 0 saturated heterocycles. The molecular formula is C64H52O5P2S. The van der Waals surface area contributed by atoms with Crippen LogP contribution < -0.4 is 31.8 Å². The fraction of sp³-hybridized carbons (Fsp3) is 0.0312. The third-order valence-electron chi connectivity index (χ3n) is 13.7. The molecule has 0 aliphatic heterocycles. The average Bonchev–Trinajstić information content (AvgIpc) is 3.46. The van der Waals surface area contributed by atoms with Crippen molar-refractivity contribution in [3.63, 3.8) is 0 Å². The van der Waals surface area contributed by atoms with E-state index in [0.29, 0.717) is 12.3 Å². The van der Waals surface area contributed by atoms with Crippen LogP contribution in [0.5, 0.6) is 0 Å². The van der Waals surface area contributed by atoms with Gasteiger partial charge >= 0.3 is 427 Å². The van der Waals surface area contributed by atoms with Crippen molar-refractivity contribution in [1.82, 2.24) is 0 Å². The maximum absolute atomic E-state index is 15.8. The molecule has 0 atom stereocenters. The van der Waals surface area contributed by atoms with Gasteiger partial charge in [-0.05, 0) is 0 Å². The molecule has 354 valence electrons. The molecule has 0 radical (unpaired) electrons. The molecule has 0 N–H and O–H groups in total. The van der Waals surface area contributed by atoms with Crippen molar-refractivity contribution >= 4 is 68.2 Å². The Morgan fingerprint density at radius 2 is 0.500 bits per heavy atom. The zero-order valence-electron chi connectivity index (χ0n) is 39.5. The number of benzene rings is 10. The Kier molecular flexibility index (Phi) is 13.6. The summed E-state index contributed by atoms with van der Waals surface area (Å²) in [6, 6.07) is 94.1. The Morgan fingerprint density at radius 3 is 0.750 bits per heavy atom. The van der Waals surface area contributed by atoms with Gasteiger partial charge in [-0.2, -0.15) is 0 Å². The fourth-order valence-corrected chi connectivity index (χ4v) is 22.9. The Hall–Kier alpha value is -7.85. The number of rotatable bonds is 16. The number of carbonyl (C=O) groups is 2. The van der Waals surface area contributed by atoms with Gasteiger partial charge in [-0.15, -0.1) is 0 Å². The van der Waals surface area contributed by atoms with E-state index in [9.17, 15) is 0 Å². The van der Waals surface area contributed by atoms with Crippen LogP contribution in [0.2, 0.25) is 0 Å². The molecule has 10 aromatic carbocycles. The molecule has 0 aliphatic carbocycles. The zero-order valence-corrected chi connectivity index (χ0v) is 42.1. The summed E-state index contributed by atoms with van der Waals surface area (Å²) in [4.78, 5) is 32.0. The first-order valence-electron chi connectivity index (χ1n) is 23.9. The van der Waals surface area contributed by atoms with Crippen molar-refractivity contribution in [3.05, 3.63) is 313 Å². The van der Waals surface area contributed by atoms with Crippen LogP contribution in [-0.2, 0) is 32.2 Å². The predicted octanol–water partition coefficient (Wildman–Crippen LogP) is 12.5. The molecule has 0 aromatic heterocycles. The second kappa shape index (κ2) is 20.5. The van der Waals surface area contributed by atoms with Gasteiger partial charge in [-0.3, -0.25) is 0 Å². The van der Waals surface area contributed by atoms with Crippen molar-refractivity contribution in [2.75, 3.05) is 0 Å². The molecule has 0 heterocycles. The van der Waals surface area contributed by atoms with E-state index in [-0.39, 0.29) is 20.9 Å². The Balaban J connectivity index is 1.14. The fourth-order valence-electron chi connectivity index (χ4n) is 10.3. The van der Waals surface area contributed by atoms with Gasteiger partial charge in [0, 0.05) is 0 Å². The molecule has 72 heavy (non-hydrogen) atoms. The SMILES string of the molecule is O=C(OP(Cc1ccccc1)(c1ccccc1)(c1ccccc1)c1ccccc1)c1ccccc1S(=O)c1ccccc1C(=O)OP(Cc1ccccc1)(c1ccccc1)(c1ccccc1)c1ccccc1.